The van der Waals surface area contributed by atoms with Crippen molar-refractivity contribution in [2.45, 2.75) is 6.92 Å². The van der Waals surface area contributed by atoms with Crippen molar-refractivity contribution in [3.05, 3.63) is 64.7 Å². The number of anilines is 1. The first-order valence-corrected chi connectivity index (χ1v) is 6.87. The Labute approximate surface area is 129 Å². The van der Waals surface area contributed by atoms with Gasteiger partial charge in [-0.2, -0.15) is 0 Å². The third kappa shape index (κ3) is 5.21. The molecule has 0 saturated carbocycles. The van der Waals surface area contributed by atoms with Gasteiger partial charge >= 0.3 is 6.03 Å². The maximum atomic E-state index is 11.7. The van der Waals surface area contributed by atoms with Crippen LogP contribution in [0.2, 0.25) is 5.02 Å². The first kappa shape index (κ1) is 15.0. The molecule has 0 aliphatic carbocycles. The fourth-order valence-corrected chi connectivity index (χ4v) is 1.93. The van der Waals surface area contributed by atoms with E-state index in [1.54, 1.807) is 12.1 Å². The lowest BCUT2D eigenvalue weighted by molar-refractivity contribution is 0.253. The lowest BCUT2D eigenvalue weighted by Crippen LogP contribution is -2.28. The molecule has 2 rings (SSSR count). The predicted octanol–water partition coefficient (Wildman–Crippen LogP) is 3.82. The van der Waals surface area contributed by atoms with Crippen LogP contribution in [0.4, 0.5) is 10.5 Å². The number of nitrogens with one attached hydrogen (secondary N) is 2. The highest BCUT2D eigenvalue weighted by Gasteiger charge is 1.99. The van der Waals surface area contributed by atoms with Gasteiger partial charge in [0.15, 0.2) is 0 Å². The number of benzene rings is 2. The molecule has 0 fully saturated rings. The molecule has 0 heterocycles. The van der Waals surface area contributed by atoms with E-state index in [1.807, 2.05) is 43.3 Å². The highest BCUT2D eigenvalue weighted by atomic mass is 35.5. The average molecular weight is 299 g/mol. The van der Waals surface area contributed by atoms with Gasteiger partial charge in [0.1, 0.15) is 0 Å². The summed E-state index contributed by atoms with van der Waals surface area (Å²) in [5.74, 6) is 5.81. The normalized spacial score (nSPS) is 9.43. The second kappa shape index (κ2) is 7.37. The summed E-state index contributed by atoms with van der Waals surface area (Å²) in [4.78, 5) is 11.7. The van der Waals surface area contributed by atoms with Gasteiger partial charge in [0.2, 0.25) is 0 Å². The number of urea groups is 1. The van der Waals surface area contributed by atoms with E-state index in [4.69, 9.17) is 11.6 Å². The highest BCUT2D eigenvalue weighted by molar-refractivity contribution is 6.30. The van der Waals surface area contributed by atoms with Gasteiger partial charge in [-0.1, -0.05) is 41.6 Å². The van der Waals surface area contributed by atoms with Crippen LogP contribution in [0.5, 0.6) is 0 Å². The maximum Gasteiger partial charge on any atom is 0.319 e. The molecule has 0 spiro atoms. The Hall–Kier alpha value is -2.44. The van der Waals surface area contributed by atoms with Gasteiger partial charge in [-0.25, -0.2) is 4.79 Å². The number of carbonyl (C=O) groups excluding carboxylic acids is 1. The minimum Gasteiger partial charge on any atom is -0.327 e. The van der Waals surface area contributed by atoms with Crippen LogP contribution < -0.4 is 10.6 Å². The molecule has 0 saturated heterocycles. The van der Waals surface area contributed by atoms with Crippen molar-refractivity contribution in [2.75, 3.05) is 11.9 Å². The average Bonchev–Trinajstić information content (AvgIpc) is 2.44. The second-order valence-electron chi connectivity index (χ2n) is 4.49. The molecule has 0 aromatic heterocycles. The van der Waals surface area contributed by atoms with Gasteiger partial charge in [-0.05, 0) is 42.8 Å². The Morgan fingerprint density at radius 2 is 2.00 bits per heavy atom. The Morgan fingerprint density at radius 3 is 2.76 bits per heavy atom. The first-order chi connectivity index (χ1) is 10.1. The van der Waals surface area contributed by atoms with Gasteiger partial charge in [-0.15, -0.1) is 0 Å². The van der Waals surface area contributed by atoms with Crippen LogP contribution >= 0.6 is 11.6 Å². The van der Waals surface area contributed by atoms with Crippen LogP contribution in [-0.2, 0) is 0 Å². The number of hydrogen-bond donors (Lipinski definition) is 2. The van der Waals surface area contributed by atoms with Crippen LogP contribution in [0.3, 0.4) is 0 Å². The molecule has 106 valence electrons. The molecule has 0 atom stereocenters. The quantitative estimate of drug-likeness (QED) is 0.813. The standard InChI is InChI=1S/C17H15ClN2O/c1-13-5-2-9-16(11-13)20-17(21)19-10-4-7-14-6-3-8-15(18)12-14/h2-3,5-6,8-9,11-12H,10H2,1H3,(H2,19,20,21). The second-order valence-corrected chi connectivity index (χ2v) is 4.93. The van der Waals surface area contributed by atoms with Crippen LogP contribution in [0.15, 0.2) is 48.5 Å². The first-order valence-electron chi connectivity index (χ1n) is 6.49. The van der Waals surface area contributed by atoms with Gasteiger partial charge in [-0.3, -0.25) is 0 Å². The molecule has 0 aliphatic heterocycles. The van der Waals surface area contributed by atoms with Crippen LogP contribution in [0, 0.1) is 18.8 Å². The predicted molar refractivity (Wildman–Crippen MR) is 86.5 cm³/mol. The minimum absolute atomic E-state index is 0.268. The lowest BCUT2D eigenvalue weighted by atomic mass is 10.2. The third-order valence-corrected chi connectivity index (χ3v) is 2.91. The van der Waals surface area contributed by atoms with Crippen molar-refractivity contribution in [1.82, 2.24) is 5.32 Å². The van der Waals surface area contributed by atoms with Crippen LogP contribution in [0.1, 0.15) is 11.1 Å². The summed E-state index contributed by atoms with van der Waals surface area (Å²) in [5, 5.41) is 6.08. The zero-order chi connectivity index (χ0) is 15.1. The van der Waals surface area contributed by atoms with Crippen molar-refractivity contribution >= 4 is 23.3 Å². The SMILES string of the molecule is Cc1cccc(NC(=O)NCC#Cc2cccc(Cl)c2)c1. The smallest absolute Gasteiger partial charge is 0.319 e. The zero-order valence-electron chi connectivity index (χ0n) is 11.6. The number of halogens is 1. The van der Waals surface area contributed by atoms with E-state index in [9.17, 15) is 4.79 Å². The van der Waals surface area contributed by atoms with Crippen molar-refractivity contribution in [1.29, 1.82) is 0 Å². The minimum atomic E-state index is -0.277. The molecule has 3 nitrogen and oxygen atoms in total. The van der Waals surface area contributed by atoms with Crippen molar-refractivity contribution in [3.63, 3.8) is 0 Å². The number of carbonyl (C=O) groups is 1. The van der Waals surface area contributed by atoms with Crippen molar-refractivity contribution < 1.29 is 4.79 Å². The molecule has 2 aromatic carbocycles. The number of hydrogen-bond acceptors (Lipinski definition) is 1. The molecular weight excluding hydrogens is 284 g/mol. The monoisotopic (exact) mass is 298 g/mol. The van der Waals surface area contributed by atoms with E-state index < -0.39 is 0 Å². The van der Waals surface area contributed by atoms with E-state index in [1.165, 1.54) is 0 Å². The zero-order valence-corrected chi connectivity index (χ0v) is 12.4. The van der Waals surface area contributed by atoms with E-state index in [0.29, 0.717) is 5.02 Å². The summed E-state index contributed by atoms with van der Waals surface area (Å²) in [6, 6.07) is 14.6. The summed E-state index contributed by atoms with van der Waals surface area (Å²) >= 11 is 5.86. The Kier molecular flexibility index (Phi) is 5.25. The Morgan fingerprint density at radius 1 is 1.19 bits per heavy atom. The van der Waals surface area contributed by atoms with Crippen molar-refractivity contribution in [2.24, 2.45) is 0 Å². The summed E-state index contributed by atoms with van der Waals surface area (Å²) < 4.78 is 0. The van der Waals surface area contributed by atoms with E-state index in [-0.39, 0.29) is 12.6 Å². The summed E-state index contributed by atoms with van der Waals surface area (Å²) in [7, 11) is 0. The molecule has 2 aromatic rings. The molecule has 21 heavy (non-hydrogen) atoms. The van der Waals surface area contributed by atoms with Gasteiger partial charge in [0.25, 0.3) is 0 Å². The molecule has 0 unspecified atom stereocenters. The van der Waals surface area contributed by atoms with E-state index in [2.05, 4.69) is 22.5 Å². The topological polar surface area (TPSA) is 41.1 Å². The molecule has 0 radical (unpaired) electrons. The van der Waals surface area contributed by atoms with Gasteiger partial charge in [0.05, 0.1) is 6.54 Å². The van der Waals surface area contributed by atoms with E-state index >= 15 is 0 Å². The fraction of sp³-hybridized carbons (Fsp3) is 0.118. The van der Waals surface area contributed by atoms with E-state index in [0.717, 1.165) is 16.8 Å². The molecule has 2 amide bonds. The number of rotatable bonds is 2. The molecule has 2 N–H and O–H groups in total. The van der Waals surface area contributed by atoms with Gasteiger partial charge < -0.3 is 10.6 Å². The number of amides is 2. The largest absolute Gasteiger partial charge is 0.327 e. The summed E-state index contributed by atoms with van der Waals surface area (Å²) in [5.41, 5.74) is 2.67. The fourth-order valence-electron chi connectivity index (χ4n) is 1.74. The van der Waals surface area contributed by atoms with Crippen molar-refractivity contribution in [3.8, 4) is 11.8 Å². The Balaban J connectivity index is 1.82. The van der Waals surface area contributed by atoms with Gasteiger partial charge in [0, 0.05) is 16.3 Å². The third-order valence-electron chi connectivity index (χ3n) is 2.67. The van der Waals surface area contributed by atoms with Crippen LogP contribution in [0.25, 0.3) is 0 Å². The summed E-state index contributed by atoms with van der Waals surface area (Å²) in [6.45, 7) is 2.24. The highest BCUT2D eigenvalue weighted by Crippen LogP contribution is 2.09. The maximum absolute atomic E-state index is 11.7. The molecular formula is C17H15ClN2O. The molecule has 0 bridgehead atoms. The molecule has 0 aliphatic rings. The molecule has 4 heteroatoms. The van der Waals surface area contributed by atoms with Crippen LogP contribution in [-0.4, -0.2) is 12.6 Å². The number of aryl methyl sites for hydroxylation is 1. The summed E-state index contributed by atoms with van der Waals surface area (Å²) in [6.07, 6.45) is 0. The Bertz CT molecular complexity index is 701. The lowest BCUT2D eigenvalue weighted by Gasteiger charge is -2.05.